The number of nitrogens with zero attached hydrogens (tertiary/aromatic N) is 2. The van der Waals surface area contributed by atoms with Crippen LogP contribution in [0.3, 0.4) is 0 Å². The topological polar surface area (TPSA) is 191 Å². The number of hydrogen-bond acceptors (Lipinski definition) is 7. The minimum Gasteiger partial charge on any atom is -0.507 e. The van der Waals surface area contributed by atoms with Crippen molar-refractivity contribution >= 4 is 39.2 Å². The van der Waals surface area contributed by atoms with Gasteiger partial charge in [-0.15, -0.1) is 0 Å². The molecule has 31 heavy (non-hydrogen) atoms. The van der Waals surface area contributed by atoms with Gasteiger partial charge in [0.05, 0.1) is 6.54 Å². The van der Waals surface area contributed by atoms with Gasteiger partial charge in [-0.1, -0.05) is 11.6 Å². The first-order valence-corrected chi connectivity index (χ1v) is 10.6. The van der Waals surface area contributed by atoms with Gasteiger partial charge in [-0.2, -0.15) is 0 Å². The molecule has 2 rings (SSSR count). The van der Waals surface area contributed by atoms with Crippen molar-refractivity contribution in [1.82, 2.24) is 9.88 Å². The number of carbonyl (C=O) groups is 1. The normalized spacial score (nSPS) is 10.9. The summed E-state index contributed by atoms with van der Waals surface area (Å²) in [5.41, 5.74) is 9.54. The molecule has 0 aliphatic heterocycles. The molecule has 0 spiro atoms. The average Bonchev–Trinajstić information content (AvgIpc) is 2.68. The van der Waals surface area contributed by atoms with Crippen molar-refractivity contribution in [2.24, 2.45) is 16.6 Å². The molecule has 14 heteroatoms. The number of oxime groups is 1. The first kappa shape index (κ1) is 23.8. The van der Waals surface area contributed by atoms with Gasteiger partial charge in [0.2, 0.25) is 11.9 Å². The Hall–Kier alpha value is -3.45. The summed E-state index contributed by atoms with van der Waals surface area (Å²) in [7, 11) is -4.32. The minimum atomic E-state index is -4.32. The van der Waals surface area contributed by atoms with Gasteiger partial charge in [0.15, 0.2) is 0 Å². The fourth-order valence-corrected chi connectivity index (χ4v) is 3.82. The number of anilines is 1. The van der Waals surface area contributed by atoms with Crippen LogP contribution in [-0.2, 0) is 26.2 Å². The maximum Gasteiger partial charge on any atom is 0.275 e. The van der Waals surface area contributed by atoms with Crippen LogP contribution in [0.4, 0.5) is 5.69 Å². The third kappa shape index (κ3) is 6.52. The Morgan fingerprint density at radius 1 is 1.29 bits per heavy atom. The van der Waals surface area contributed by atoms with Crippen LogP contribution in [0.5, 0.6) is 5.75 Å². The van der Waals surface area contributed by atoms with E-state index >= 15 is 0 Å². The van der Waals surface area contributed by atoms with Gasteiger partial charge < -0.3 is 31.3 Å². The summed E-state index contributed by atoms with van der Waals surface area (Å²) in [5, 5.41) is 15.7. The summed E-state index contributed by atoms with van der Waals surface area (Å²) in [5.74, 6) is -1.32. The van der Waals surface area contributed by atoms with E-state index in [4.69, 9.17) is 27.9 Å². The molecule has 1 heterocycles. The van der Waals surface area contributed by atoms with Gasteiger partial charge >= 0.3 is 0 Å². The maximum atomic E-state index is 12.7. The van der Waals surface area contributed by atoms with E-state index in [1.54, 1.807) is 6.92 Å². The SMILES string of the molecule is Cc1ccc(NS(=O)(=O)c2cc(Cl)ccc2O)c(=O)n1CC(=O)NCCON=C(N)N. The van der Waals surface area contributed by atoms with Crippen LogP contribution < -0.4 is 27.1 Å². The van der Waals surface area contributed by atoms with E-state index in [-0.39, 0.29) is 36.4 Å². The monoisotopic (exact) mass is 472 g/mol. The van der Waals surface area contributed by atoms with E-state index in [1.165, 1.54) is 18.2 Å². The lowest BCUT2D eigenvalue weighted by Gasteiger charge is -2.14. The van der Waals surface area contributed by atoms with Gasteiger partial charge in [0, 0.05) is 10.7 Å². The summed E-state index contributed by atoms with van der Waals surface area (Å²) >= 11 is 5.80. The van der Waals surface area contributed by atoms with Crippen LogP contribution in [0.1, 0.15) is 5.69 Å². The van der Waals surface area contributed by atoms with E-state index in [0.717, 1.165) is 16.7 Å². The molecule has 1 aromatic carbocycles. The van der Waals surface area contributed by atoms with Gasteiger partial charge in [0.1, 0.15) is 29.5 Å². The molecule has 168 valence electrons. The highest BCUT2D eigenvalue weighted by Crippen LogP contribution is 2.27. The Morgan fingerprint density at radius 3 is 2.68 bits per heavy atom. The van der Waals surface area contributed by atoms with Gasteiger partial charge in [-0.3, -0.25) is 14.3 Å². The number of aryl methyl sites for hydroxylation is 1. The van der Waals surface area contributed by atoms with Crippen molar-refractivity contribution in [2.75, 3.05) is 17.9 Å². The largest absolute Gasteiger partial charge is 0.507 e. The first-order valence-electron chi connectivity index (χ1n) is 8.70. The van der Waals surface area contributed by atoms with Crippen molar-refractivity contribution in [2.45, 2.75) is 18.4 Å². The molecular formula is C17H21ClN6O6S. The van der Waals surface area contributed by atoms with Crippen molar-refractivity contribution in [3.05, 3.63) is 51.4 Å². The van der Waals surface area contributed by atoms with Crippen LogP contribution in [0.25, 0.3) is 0 Å². The quantitative estimate of drug-likeness (QED) is 0.141. The van der Waals surface area contributed by atoms with Crippen LogP contribution in [0.15, 0.2) is 45.2 Å². The number of hydrogen-bond donors (Lipinski definition) is 5. The standard InChI is InChI=1S/C17H21ClN6O6S/c1-10-2-4-12(23-31(28,29)14-8-11(18)3-5-13(14)25)16(27)24(10)9-15(26)21-6-7-30-22-17(19)20/h2-5,8,23,25H,6-7,9H2,1H3,(H,21,26)(H4,19,20,22). The molecule has 7 N–H and O–H groups in total. The molecule has 0 bridgehead atoms. The number of phenolic OH excluding ortho intramolecular Hbond substituents is 1. The number of aromatic hydroxyl groups is 1. The zero-order valence-electron chi connectivity index (χ0n) is 16.3. The second-order valence-corrected chi connectivity index (χ2v) is 8.28. The fraction of sp³-hybridized carbons (Fsp3) is 0.235. The zero-order valence-corrected chi connectivity index (χ0v) is 17.9. The minimum absolute atomic E-state index is 0.000484. The van der Waals surface area contributed by atoms with E-state index in [2.05, 4.69) is 15.2 Å². The third-order valence-electron chi connectivity index (χ3n) is 3.84. The number of sulfonamides is 1. The lowest BCUT2D eigenvalue weighted by molar-refractivity contribution is -0.122. The molecule has 0 aliphatic carbocycles. The first-order chi connectivity index (χ1) is 14.5. The number of benzene rings is 1. The number of phenols is 1. The molecule has 0 unspecified atom stereocenters. The lowest BCUT2D eigenvalue weighted by Crippen LogP contribution is -2.36. The van der Waals surface area contributed by atoms with Gasteiger partial charge in [-0.25, -0.2) is 8.42 Å². The molecule has 2 aromatic rings. The predicted molar refractivity (Wildman–Crippen MR) is 114 cm³/mol. The summed E-state index contributed by atoms with van der Waals surface area (Å²) < 4.78 is 28.4. The number of aromatic nitrogens is 1. The highest BCUT2D eigenvalue weighted by atomic mass is 35.5. The Morgan fingerprint density at radius 2 is 2.00 bits per heavy atom. The smallest absolute Gasteiger partial charge is 0.275 e. The number of guanidine groups is 1. The molecule has 0 fully saturated rings. The van der Waals surface area contributed by atoms with Crippen LogP contribution >= 0.6 is 11.6 Å². The van der Waals surface area contributed by atoms with E-state index in [0.29, 0.717) is 5.69 Å². The number of halogens is 1. The van der Waals surface area contributed by atoms with Gasteiger partial charge in [-0.05, 0) is 42.4 Å². The molecule has 1 amide bonds. The maximum absolute atomic E-state index is 12.7. The highest BCUT2D eigenvalue weighted by Gasteiger charge is 2.21. The Bertz CT molecular complexity index is 1160. The molecule has 0 saturated heterocycles. The van der Waals surface area contributed by atoms with Crippen molar-refractivity contribution < 1.29 is 23.2 Å². The summed E-state index contributed by atoms with van der Waals surface area (Å²) in [6.07, 6.45) is 0. The molecular weight excluding hydrogens is 452 g/mol. The fourth-order valence-electron chi connectivity index (χ4n) is 2.40. The zero-order chi connectivity index (χ0) is 23.2. The van der Waals surface area contributed by atoms with Gasteiger partial charge in [0.25, 0.3) is 15.6 Å². The van der Waals surface area contributed by atoms with Crippen LogP contribution in [0.2, 0.25) is 5.02 Å². The molecule has 0 atom stereocenters. The van der Waals surface area contributed by atoms with E-state index in [9.17, 15) is 23.1 Å². The molecule has 1 aromatic heterocycles. The molecule has 0 saturated carbocycles. The predicted octanol–water partition coefficient (Wildman–Crippen LogP) is -0.362. The Labute approximate surface area is 182 Å². The summed E-state index contributed by atoms with van der Waals surface area (Å²) in [6, 6.07) is 6.20. The second kappa shape index (κ2) is 10.0. The van der Waals surface area contributed by atoms with E-state index < -0.39 is 32.1 Å². The second-order valence-electron chi connectivity index (χ2n) is 6.20. The van der Waals surface area contributed by atoms with Crippen molar-refractivity contribution in [3.8, 4) is 5.75 Å². The van der Waals surface area contributed by atoms with Crippen molar-refractivity contribution in [1.29, 1.82) is 0 Å². The highest BCUT2D eigenvalue weighted by molar-refractivity contribution is 7.92. The lowest BCUT2D eigenvalue weighted by atomic mass is 10.3. The number of nitrogens with one attached hydrogen (secondary N) is 2. The van der Waals surface area contributed by atoms with Crippen LogP contribution in [0, 0.1) is 6.92 Å². The summed E-state index contributed by atoms with van der Waals surface area (Å²) in [4.78, 5) is 29.1. The summed E-state index contributed by atoms with van der Waals surface area (Å²) in [6.45, 7) is 1.28. The van der Waals surface area contributed by atoms with Crippen molar-refractivity contribution in [3.63, 3.8) is 0 Å². The average molecular weight is 473 g/mol. The molecule has 0 radical (unpaired) electrons. The van der Waals surface area contributed by atoms with E-state index in [1.807, 2.05) is 0 Å². The third-order valence-corrected chi connectivity index (χ3v) is 5.47. The number of carbonyl (C=O) groups excluding carboxylic acids is 1. The molecule has 0 aliphatic rings. The number of rotatable bonds is 9. The number of nitrogens with two attached hydrogens (primary N) is 2. The number of amides is 1. The number of pyridine rings is 1. The Balaban J connectivity index is 2.17. The van der Waals surface area contributed by atoms with Crippen LogP contribution in [-0.4, -0.2) is 43.1 Å². The molecule has 12 nitrogen and oxygen atoms in total. The Kier molecular flexibility index (Phi) is 7.72.